The van der Waals surface area contributed by atoms with Crippen molar-refractivity contribution in [1.82, 2.24) is 0 Å². The molecule has 0 aliphatic heterocycles. The van der Waals surface area contributed by atoms with Crippen molar-refractivity contribution >= 4 is 0 Å². The highest BCUT2D eigenvalue weighted by Gasteiger charge is 2.31. The lowest BCUT2D eigenvalue weighted by Gasteiger charge is -2.37. The van der Waals surface area contributed by atoms with Gasteiger partial charge in [0, 0.05) is 0 Å². The van der Waals surface area contributed by atoms with Crippen molar-refractivity contribution in [2.45, 2.75) is 70.4 Å². The number of hydrogen-bond donors (Lipinski definition) is 0. The molecule has 0 amide bonds. The predicted octanol–water partition coefficient (Wildman–Crippen LogP) is 7.43. The second-order valence-electron chi connectivity index (χ2n) is 8.29. The SMILES string of the molecule is FCCC=CC1CCC(C2CCC(c3cc(F)c(CF)c(F)c3)CC2)CC1. The molecular formula is C23H30F4. The van der Waals surface area contributed by atoms with Gasteiger partial charge in [-0.3, -0.25) is 4.39 Å². The van der Waals surface area contributed by atoms with Crippen LogP contribution in [-0.2, 0) is 6.67 Å². The van der Waals surface area contributed by atoms with Crippen LogP contribution in [0.1, 0.15) is 74.8 Å². The van der Waals surface area contributed by atoms with Crippen molar-refractivity contribution in [2.75, 3.05) is 6.67 Å². The fourth-order valence-corrected chi connectivity index (χ4v) is 5.07. The zero-order valence-electron chi connectivity index (χ0n) is 15.9. The summed E-state index contributed by atoms with van der Waals surface area (Å²) in [5.41, 5.74) is 0.229. The van der Waals surface area contributed by atoms with Gasteiger partial charge in [0.25, 0.3) is 0 Å². The zero-order chi connectivity index (χ0) is 19.2. The van der Waals surface area contributed by atoms with E-state index in [1.807, 2.05) is 6.08 Å². The van der Waals surface area contributed by atoms with Crippen LogP contribution in [0.25, 0.3) is 0 Å². The lowest BCUT2D eigenvalue weighted by Crippen LogP contribution is -2.25. The Balaban J connectivity index is 1.50. The van der Waals surface area contributed by atoms with Crippen LogP contribution in [0.3, 0.4) is 0 Å². The Morgan fingerprint density at radius 3 is 1.89 bits per heavy atom. The first-order valence-electron chi connectivity index (χ1n) is 10.4. The van der Waals surface area contributed by atoms with Gasteiger partial charge < -0.3 is 0 Å². The highest BCUT2D eigenvalue weighted by atomic mass is 19.1. The summed E-state index contributed by atoms with van der Waals surface area (Å²) in [4.78, 5) is 0. The smallest absolute Gasteiger partial charge is 0.132 e. The molecule has 0 heterocycles. The molecule has 2 aliphatic carbocycles. The molecule has 2 aliphatic rings. The molecule has 0 spiro atoms. The zero-order valence-corrected chi connectivity index (χ0v) is 15.9. The summed E-state index contributed by atoms with van der Waals surface area (Å²) < 4.78 is 52.6. The van der Waals surface area contributed by atoms with E-state index in [-0.39, 0.29) is 12.6 Å². The van der Waals surface area contributed by atoms with Crippen LogP contribution in [0.15, 0.2) is 24.3 Å². The number of alkyl halides is 2. The Bertz CT molecular complexity index is 600. The third-order valence-electron chi connectivity index (χ3n) is 6.71. The third-order valence-corrected chi connectivity index (χ3v) is 6.71. The Labute approximate surface area is 160 Å². The molecule has 1 aromatic rings. The molecule has 150 valence electrons. The normalized spacial score (nSPS) is 29.3. The number of rotatable bonds is 6. The van der Waals surface area contributed by atoms with Crippen molar-refractivity contribution in [3.63, 3.8) is 0 Å². The van der Waals surface area contributed by atoms with Gasteiger partial charge in [-0.2, -0.15) is 0 Å². The van der Waals surface area contributed by atoms with Gasteiger partial charge in [-0.25, -0.2) is 13.2 Å². The molecule has 0 nitrogen and oxygen atoms in total. The van der Waals surface area contributed by atoms with E-state index in [1.54, 1.807) is 0 Å². The second-order valence-corrected chi connectivity index (χ2v) is 8.29. The van der Waals surface area contributed by atoms with Gasteiger partial charge in [0.05, 0.1) is 12.2 Å². The van der Waals surface area contributed by atoms with Crippen LogP contribution >= 0.6 is 0 Å². The number of benzene rings is 1. The van der Waals surface area contributed by atoms with Crippen LogP contribution in [0.2, 0.25) is 0 Å². The summed E-state index contributed by atoms with van der Waals surface area (Å²) >= 11 is 0. The van der Waals surface area contributed by atoms with Gasteiger partial charge in [-0.1, -0.05) is 12.2 Å². The Morgan fingerprint density at radius 1 is 0.815 bits per heavy atom. The molecule has 0 unspecified atom stereocenters. The average molecular weight is 382 g/mol. The summed E-state index contributed by atoms with van der Waals surface area (Å²) in [5, 5.41) is 0. The lowest BCUT2D eigenvalue weighted by atomic mass is 9.68. The molecular weight excluding hydrogens is 352 g/mol. The summed E-state index contributed by atoms with van der Waals surface area (Å²) in [6.45, 7) is -1.38. The molecule has 0 N–H and O–H groups in total. The fourth-order valence-electron chi connectivity index (χ4n) is 5.07. The first-order valence-corrected chi connectivity index (χ1v) is 10.4. The average Bonchev–Trinajstić information content (AvgIpc) is 2.69. The summed E-state index contributed by atoms with van der Waals surface area (Å²) in [5.74, 6) is 0.724. The maximum Gasteiger partial charge on any atom is 0.132 e. The standard InChI is InChI=1S/C23H30F4/c24-12-2-1-3-16-4-6-17(7-5-16)18-8-10-19(11-9-18)20-13-22(26)21(15-25)23(27)14-20/h1,3,13-14,16-19H,2,4-12,15H2. The van der Waals surface area contributed by atoms with E-state index >= 15 is 0 Å². The van der Waals surface area contributed by atoms with Gasteiger partial charge in [0.15, 0.2) is 0 Å². The Morgan fingerprint density at radius 2 is 1.37 bits per heavy atom. The van der Waals surface area contributed by atoms with E-state index in [4.69, 9.17) is 0 Å². The largest absolute Gasteiger partial charge is 0.251 e. The first kappa shape index (κ1) is 20.4. The summed E-state index contributed by atoms with van der Waals surface area (Å²) in [6, 6.07) is 2.66. The summed E-state index contributed by atoms with van der Waals surface area (Å²) in [7, 11) is 0. The van der Waals surface area contributed by atoms with Gasteiger partial charge >= 0.3 is 0 Å². The minimum absolute atomic E-state index is 0.180. The predicted molar refractivity (Wildman–Crippen MR) is 101 cm³/mol. The first-order chi connectivity index (χ1) is 13.1. The number of hydrogen-bond acceptors (Lipinski definition) is 0. The van der Waals surface area contributed by atoms with Crippen LogP contribution in [0.4, 0.5) is 17.6 Å². The second kappa shape index (κ2) is 9.75. The van der Waals surface area contributed by atoms with Crippen LogP contribution in [-0.4, -0.2) is 6.67 Å². The van der Waals surface area contributed by atoms with E-state index in [9.17, 15) is 17.6 Å². The van der Waals surface area contributed by atoms with Crippen molar-refractivity contribution in [3.05, 3.63) is 47.0 Å². The van der Waals surface area contributed by atoms with Crippen molar-refractivity contribution in [2.24, 2.45) is 17.8 Å². The van der Waals surface area contributed by atoms with Gasteiger partial charge in [-0.05, 0) is 99.2 Å². The van der Waals surface area contributed by atoms with Gasteiger partial charge in [0.1, 0.15) is 18.3 Å². The fraction of sp³-hybridized carbons (Fsp3) is 0.652. The minimum atomic E-state index is -1.10. The molecule has 0 radical (unpaired) electrons. The molecule has 2 saturated carbocycles. The van der Waals surface area contributed by atoms with Crippen LogP contribution in [0, 0.1) is 29.4 Å². The van der Waals surface area contributed by atoms with E-state index in [2.05, 4.69) is 6.08 Å². The van der Waals surface area contributed by atoms with Crippen LogP contribution in [0.5, 0.6) is 0 Å². The third kappa shape index (κ3) is 5.14. The van der Waals surface area contributed by atoms with E-state index < -0.39 is 23.9 Å². The quantitative estimate of drug-likeness (QED) is 0.354. The van der Waals surface area contributed by atoms with Gasteiger partial charge in [-0.15, -0.1) is 0 Å². The van der Waals surface area contributed by atoms with Gasteiger partial charge in [0.2, 0.25) is 0 Å². The maximum atomic E-state index is 13.9. The highest BCUT2D eigenvalue weighted by Crippen LogP contribution is 2.44. The van der Waals surface area contributed by atoms with Crippen molar-refractivity contribution in [3.8, 4) is 0 Å². The maximum absolute atomic E-state index is 13.9. The summed E-state index contributed by atoms with van der Waals surface area (Å²) in [6.07, 6.45) is 13.6. The topological polar surface area (TPSA) is 0 Å². The lowest BCUT2D eigenvalue weighted by molar-refractivity contribution is 0.171. The minimum Gasteiger partial charge on any atom is -0.251 e. The highest BCUT2D eigenvalue weighted by molar-refractivity contribution is 5.28. The molecule has 0 atom stereocenters. The van der Waals surface area contributed by atoms with E-state index in [1.165, 1.54) is 37.8 Å². The Kier molecular flexibility index (Phi) is 7.37. The van der Waals surface area contributed by atoms with Crippen LogP contribution < -0.4 is 0 Å². The van der Waals surface area contributed by atoms with E-state index in [0.717, 1.165) is 31.6 Å². The molecule has 3 rings (SSSR count). The monoisotopic (exact) mass is 382 g/mol. The Hall–Kier alpha value is -1.32. The van der Waals surface area contributed by atoms with Crippen molar-refractivity contribution < 1.29 is 17.6 Å². The molecule has 0 aromatic heterocycles. The molecule has 0 saturated heterocycles. The molecule has 2 fully saturated rings. The molecule has 1 aromatic carbocycles. The number of allylic oxidation sites excluding steroid dienone is 2. The molecule has 4 heteroatoms. The number of halogens is 4. The molecule has 27 heavy (non-hydrogen) atoms. The van der Waals surface area contributed by atoms with E-state index in [0.29, 0.717) is 23.8 Å². The van der Waals surface area contributed by atoms with Crippen molar-refractivity contribution in [1.29, 1.82) is 0 Å². The molecule has 0 bridgehead atoms.